The molecular weight excluding hydrogens is 619 g/mol. The molecule has 2 heterocycles. The van der Waals surface area contributed by atoms with Crippen LogP contribution in [0.3, 0.4) is 0 Å². The second kappa shape index (κ2) is 12.1. The fourth-order valence-electron chi connectivity index (χ4n) is 6.91. The molecule has 6 rings (SSSR count). The topological polar surface area (TPSA) is 114 Å². The zero-order valence-corrected chi connectivity index (χ0v) is 26.8. The summed E-state index contributed by atoms with van der Waals surface area (Å²) in [6.07, 6.45) is -2.15. The molecule has 3 aromatic rings. The van der Waals surface area contributed by atoms with Gasteiger partial charge in [0.05, 0.1) is 22.0 Å². The number of anilines is 1. The van der Waals surface area contributed by atoms with Gasteiger partial charge in [0.25, 0.3) is 15.9 Å². The highest BCUT2D eigenvalue weighted by atomic mass is 32.2. The number of hydrogen-bond donors (Lipinski definition) is 2. The van der Waals surface area contributed by atoms with E-state index in [-0.39, 0.29) is 60.2 Å². The summed E-state index contributed by atoms with van der Waals surface area (Å²) in [6, 6.07) is 11.8. The molecule has 0 spiro atoms. The lowest BCUT2D eigenvalue weighted by Crippen LogP contribution is -2.53. The van der Waals surface area contributed by atoms with Crippen LogP contribution in [0.1, 0.15) is 66.4 Å². The average Bonchev–Trinajstić information content (AvgIpc) is 3.81. The van der Waals surface area contributed by atoms with Gasteiger partial charge in [-0.1, -0.05) is 24.3 Å². The normalized spacial score (nSPS) is 24.1. The van der Waals surface area contributed by atoms with E-state index in [2.05, 4.69) is 20.0 Å². The van der Waals surface area contributed by atoms with Crippen LogP contribution >= 0.6 is 0 Å². The van der Waals surface area contributed by atoms with E-state index < -0.39 is 33.6 Å². The highest BCUT2D eigenvalue weighted by Gasteiger charge is 2.64. The SMILES string of the molecule is CNC1CCC(N2C(=O)c3cccc(c3)S(=O)(=O)Nc3nc(cc(-c4c(C)cccc4C)n3)OC[C@H]2CC2(C(F)(F)F)CC2)CC1. The van der Waals surface area contributed by atoms with E-state index in [1.807, 2.05) is 39.1 Å². The highest BCUT2D eigenvalue weighted by molar-refractivity contribution is 7.92. The van der Waals surface area contributed by atoms with E-state index in [9.17, 15) is 26.4 Å². The number of nitrogens with one attached hydrogen (secondary N) is 2. The Hall–Kier alpha value is -3.71. The molecule has 1 aliphatic heterocycles. The van der Waals surface area contributed by atoms with Crippen LogP contribution in [0.5, 0.6) is 5.88 Å². The molecule has 2 saturated carbocycles. The first kappa shape index (κ1) is 32.2. The fourth-order valence-corrected chi connectivity index (χ4v) is 7.90. The summed E-state index contributed by atoms with van der Waals surface area (Å²) < 4.78 is 79.0. The van der Waals surface area contributed by atoms with Crippen molar-refractivity contribution in [3.63, 3.8) is 0 Å². The van der Waals surface area contributed by atoms with Gasteiger partial charge in [-0.3, -0.25) is 4.79 Å². The van der Waals surface area contributed by atoms with Crippen molar-refractivity contribution in [3.8, 4) is 17.1 Å². The number of aryl methyl sites for hydroxylation is 2. The van der Waals surface area contributed by atoms with E-state index in [0.29, 0.717) is 18.5 Å². The van der Waals surface area contributed by atoms with Gasteiger partial charge in [-0.15, -0.1) is 0 Å². The number of carbonyl (C=O) groups excluding carboxylic acids is 1. The van der Waals surface area contributed by atoms with Crippen LogP contribution in [-0.2, 0) is 10.0 Å². The number of benzene rings is 2. The number of hydrogen-bond acceptors (Lipinski definition) is 7. The van der Waals surface area contributed by atoms with Crippen LogP contribution in [0.25, 0.3) is 11.3 Å². The molecule has 1 amide bonds. The largest absolute Gasteiger partial charge is 0.475 e. The van der Waals surface area contributed by atoms with Gasteiger partial charge in [0.15, 0.2) is 0 Å². The Kier molecular flexibility index (Phi) is 8.51. The Labute approximate surface area is 267 Å². The maximum atomic E-state index is 14.4. The minimum atomic E-state index is -4.44. The Morgan fingerprint density at radius 3 is 2.33 bits per heavy atom. The van der Waals surface area contributed by atoms with Crippen LogP contribution < -0.4 is 14.8 Å². The van der Waals surface area contributed by atoms with E-state index in [0.717, 1.165) is 29.5 Å². The fraction of sp³-hybridized carbons (Fsp3) is 0.485. The van der Waals surface area contributed by atoms with Gasteiger partial charge in [0, 0.05) is 29.3 Å². The minimum Gasteiger partial charge on any atom is -0.475 e. The van der Waals surface area contributed by atoms with Gasteiger partial charge in [0.1, 0.15) is 6.61 Å². The van der Waals surface area contributed by atoms with Crippen LogP contribution in [0.4, 0.5) is 19.1 Å². The first-order valence-electron chi connectivity index (χ1n) is 15.6. The summed E-state index contributed by atoms with van der Waals surface area (Å²) in [5, 5.41) is 3.26. The minimum absolute atomic E-state index is 0.00976. The molecule has 4 bridgehead atoms. The van der Waals surface area contributed by atoms with Crippen LogP contribution in [0.2, 0.25) is 0 Å². The number of carbonyl (C=O) groups is 1. The molecule has 0 saturated heterocycles. The molecule has 46 heavy (non-hydrogen) atoms. The lowest BCUT2D eigenvalue weighted by molar-refractivity contribution is -0.193. The number of sulfonamides is 1. The lowest BCUT2D eigenvalue weighted by Gasteiger charge is -2.42. The molecule has 1 aromatic heterocycles. The summed E-state index contributed by atoms with van der Waals surface area (Å²) in [7, 11) is -2.39. The second-order valence-electron chi connectivity index (χ2n) is 12.8. The molecule has 2 aromatic carbocycles. The van der Waals surface area contributed by atoms with Gasteiger partial charge in [0.2, 0.25) is 11.8 Å². The molecule has 2 fully saturated rings. The molecule has 2 N–H and O–H groups in total. The van der Waals surface area contributed by atoms with E-state index >= 15 is 0 Å². The Bertz CT molecular complexity index is 1720. The van der Waals surface area contributed by atoms with Crippen LogP contribution in [-0.4, -0.2) is 67.1 Å². The Balaban J connectivity index is 1.50. The third-order valence-electron chi connectivity index (χ3n) is 9.69. The van der Waals surface area contributed by atoms with Crippen molar-refractivity contribution in [2.24, 2.45) is 5.41 Å². The van der Waals surface area contributed by atoms with E-state index in [1.54, 1.807) is 11.0 Å². The predicted octanol–water partition coefficient (Wildman–Crippen LogP) is 6.03. The van der Waals surface area contributed by atoms with Gasteiger partial charge in [-0.2, -0.15) is 18.2 Å². The predicted molar refractivity (Wildman–Crippen MR) is 167 cm³/mol. The summed E-state index contributed by atoms with van der Waals surface area (Å²) in [5.74, 6) is -0.784. The number of halogens is 3. The summed E-state index contributed by atoms with van der Waals surface area (Å²) >= 11 is 0. The zero-order valence-electron chi connectivity index (χ0n) is 26.0. The van der Waals surface area contributed by atoms with Gasteiger partial charge in [-0.05, 0) is 95.2 Å². The third-order valence-corrected chi connectivity index (χ3v) is 11.0. The van der Waals surface area contributed by atoms with Gasteiger partial charge < -0.3 is 15.0 Å². The number of amides is 1. The zero-order chi connectivity index (χ0) is 32.9. The van der Waals surface area contributed by atoms with E-state index in [4.69, 9.17) is 4.74 Å². The summed E-state index contributed by atoms with van der Waals surface area (Å²) in [5.41, 5.74) is 1.08. The van der Waals surface area contributed by atoms with Gasteiger partial charge >= 0.3 is 6.18 Å². The molecule has 2 aliphatic carbocycles. The Morgan fingerprint density at radius 1 is 1.02 bits per heavy atom. The Morgan fingerprint density at radius 2 is 1.70 bits per heavy atom. The molecule has 3 aliphatic rings. The van der Waals surface area contributed by atoms with Crippen molar-refractivity contribution < 1.29 is 31.1 Å². The van der Waals surface area contributed by atoms with Crippen molar-refractivity contribution in [1.82, 2.24) is 20.2 Å². The third kappa shape index (κ3) is 6.31. The summed E-state index contributed by atoms with van der Waals surface area (Å²) in [6.45, 7) is 3.54. The van der Waals surface area contributed by atoms with Crippen molar-refractivity contribution in [3.05, 3.63) is 65.2 Å². The van der Waals surface area contributed by atoms with E-state index in [1.165, 1.54) is 24.3 Å². The molecule has 0 unspecified atom stereocenters. The van der Waals surface area contributed by atoms with Crippen molar-refractivity contribution in [1.29, 1.82) is 0 Å². The number of rotatable bonds is 5. The molecule has 9 nitrogen and oxygen atoms in total. The number of aromatic nitrogens is 2. The van der Waals surface area contributed by atoms with Crippen LogP contribution in [0.15, 0.2) is 53.4 Å². The molecule has 13 heteroatoms. The lowest BCUT2D eigenvalue weighted by atomic mass is 9.87. The monoisotopic (exact) mass is 657 g/mol. The number of alkyl halides is 3. The second-order valence-corrected chi connectivity index (χ2v) is 14.5. The first-order valence-corrected chi connectivity index (χ1v) is 17.1. The maximum Gasteiger partial charge on any atom is 0.394 e. The van der Waals surface area contributed by atoms with Gasteiger partial charge in [-0.25, -0.2) is 18.1 Å². The maximum absolute atomic E-state index is 14.4. The molecular formula is C33H38F3N5O4S. The standard InChI is InChI=1S/C33H38F3N5O4S/c1-20-6-4-7-21(2)29(20)27-17-28-39-31(38-27)40-46(43,44)26-9-5-8-22(16-26)30(42)41(24-12-10-23(37-3)11-13-24)25(19-45-28)18-32(14-15-32)33(34,35)36/h4-9,16-17,23-25,37H,10-15,18-19H2,1-3H3,(H,38,39,40)/t23?,24?,25-/m1/s1. The molecule has 0 radical (unpaired) electrons. The smallest absolute Gasteiger partial charge is 0.394 e. The average molecular weight is 658 g/mol. The van der Waals surface area contributed by atoms with Crippen molar-refractivity contribution in [2.45, 2.75) is 88.0 Å². The molecule has 1 atom stereocenters. The summed E-state index contributed by atoms with van der Waals surface area (Å²) in [4.78, 5) is 24.6. The highest BCUT2D eigenvalue weighted by Crippen LogP contribution is 2.61. The number of fused-ring (bicyclic) bond motifs is 4. The first-order chi connectivity index (χ1) is 21.8. The van der Waals surface area contributed by atoms with Crippen molar-refractivity contribution in [2.75, 3.05) is 18.4 Å². The number of nitrogens with zero attached hydrogens (tertiary/aromatic N) is 3. The number of ether oxygens (including phenoxy) is 1. The van der Waals surface area contributed by atoms with Crippen molar-refractivity contribution >= 4 is 21.9 Å². The molecule has 246 valence electrons. The quantitative estimate of drug-likeness (QED) is 0.345. The van der Waals surface area contributed by atoms with Crippen LogP contribution in [0, 0.1) is 19.3 Å².